The van der Waals surface area contributed by atoms with Crippen molar-refractivity contribution in [3.8, 4) is 0 Å². The first kappa shape index (κ1) is 10.5. The summed E-state index contributed by atoms with van der Waals surface area (Å²) in [5.41, 5.74) is 14.8. The lowest BCUT2D eigenvalue weighted by atomic mass is 10.1. The summed E-state index contributed by atoms with van der Waals surface area (Å²) >= 11 is 7.64. The number of anilines is 2. The van der Waals surface area contributed by atoms with Crippen LogP contribution in [0.2, 0.25) is 5.02 Å². The lowest BCUT2D eigenvalue weighted by molar-refractivity contribution is 1.24. The summed E-state index contributed by atoms with van der Waals surface area (Å²) in [5.74, 6) is 0. The van der Waals surface area contributed by atoms with Crippen molar-refractivity contribution in [2.75, 3.05) is 17.7 Å². The number of hydrogen-bond acceptors (Lipinski definition) is 3. The molecule has 13 heavy (non-hydrogen) atoms. The topological polar surface area (TPSA) is 52.0 Å². The van der Waals surface area contributed by atoms with Gasteiger partial charge in [-0.3, -0.25) is 0 Å². The van der Waals surface area contributed by atoms with E-state index in [0.717, 1.165) is 16.0 Å². The molecule has 0 aromatic heterocycles. The Labute approximate surface area is 87.6 Å². The maximum atomic E-state index is 6.05. The fraction of sp³-hybridized carbons (Fsp3) is 0.333. The van der Waals surface area contributed by atoms with E-state index in [0.29, 0.717) is 16.4 Å². The molecule has 2 nitrogen and oxygen atoms in total. The molecule has 0 fully saturated rings. The third kappa shape index (κ3) is 1.58. The Bertz CT molecular complexity index is 321. The molecule has 0 aliphatic carbocycles. The van der Waals surface area contributed by atoms with Crippen molar-refractivity contribution in [2.24, 2.45) is 0 Å². The zero-order chi connectivity index (χ0) is 10.2. The first-order valence-electron chi connectivity index (χ1n) is 3.88. The predicted octanol–water partition coefficient (Wildman–Crippen LogP) is 2.84. The molecule has 1 rings (SSSR count). The minimum absolute atomic E-state index is 0.495. The van der Waals surface area contributed by atoms with Gasteiger partial charge in [-0.05, 0) is 31.2 Å². The molecule has 72 valence electrons. The van der Waals surface area contributed by atoms with Crippen molar-refractivity contribution in [1.82, 2.24) is 0 Å². The highest BCUT2D eigenvalue weighted by atomic mass is 35.5. The highest BCUT2D eigenvalue weighted by molar-refractivity contribution is 7.98. The third-order valence-electron chi connectivity index (χ3n) is 2.24. The van der Waals surface area contributed by atoms with Crippen LogP contribution in [0.25, 0.3) is 0 Å². The molecule has 0 radical (unpaired) electrons. The van der Waals surface area contributed by atoms with Crippen LogP contribution in [0.5, 0.6) is 0 Å². The van der Waals surface area contributed by atoms with Crippen LogP contribution in [0.1, 0.15) is 11.1 Å². The van der Waals surface area contributed by atoms with Crippen LogP contribution in [-0.2, 0) is 0 Å². The van der Waals surface area contributed by atoms with Crippen molar-refractivity contribution in [1.29, 1.82) is 0 Å². The summed E-state index contributed by atoms with van der Waals surface area (Å²) in [4.78, 5) is 1.02. The molecule has 0 atom stereocenters. The Balaban J connectivity index is 3.56. The van der Waals surface area contributed by atoms with Gasteiger partial charge < -0.3 is 11.5 Å². The summed E-state index contributed by atoms with van der Waals surface area (Å²) in [7, 11) is 0. The zero-order valence-corrected chi connectivity index (χ0v) is 9.51. The molecule has 0 amide bonds. The Morgan fingerprint density at radius 2 is 1.62 bits per heavy atom. The molecule has 0 aliphatic rings. The first-order valence-corrected chi connectivity index (χ1v) is 5.48. The van der Waals surface area contributed by atoms with E-state index < -0.39 is 0 Å². The lowest BCUT2D eigenvalue weighted by Gasteiger charge is -2.14. The van der Waals surface area contributed by atoms with Gasteiger partial charge in [0.1, 0.15) is 0 Å². The fourth-order valence-electron chi connectivity index (χ4n) is 1.22. The Kier molecular flexibility index (Phi) is 2.98. The molecular weight excluding hydrogens is 204 g/mol. The molecule has 1 aromatic carbocycles. The standard InChI is InChI=1S/C9H13ClN2S/c1-4-5(2)9(13-3)6(10)8(12)7(4)11/h11-12H2,1-3H3. The second kappa shape index (κ2) is 3.68. The van der Waals surface area contributed by atoms with Gasteiger partial charge in [0, 0.05) is 4.90 Å². The van der Waals surface area contributed by atoms with Gasteiger partial charge >= 0.3 is 0 Å². The van der Waals surface area contributed by atoms with Crippen molar-refractivity contribution in [3.63, 3.8) is 0 Å². The van der Waals surface area contributed by atoms with Crippen LogP contribution in [0.4, 0.5) is 11.4 Å². The monoisotopic (exact) mass is 216 g/mol. The fourth-order valence-corrected chi connectivity index (χ4v) is 2.45. The maximum Gasteiger partial charge on any atom is 0.0795 e. The van der Waals surface area contributed by atoms with Crippen LogP contribution >= 0.6 is 23.4 Å². The van der Waals surface area contributed by atoms with E-state index in [9.17, 15) is 0 Å². The van der Waals surface area contributed by atoms with Gasteiger partial charge in [0.05, 0.1) is 16.4 Å². The Hall–Kier alpha value is -0.540. The van der Waals surface area contributed by atoms with Gasteiger partial charge in [0.25, 0.3) is 0 Å². The third-order valence-corrected chi connectivity index (χ3v) is 3.66. The smallest absolute Gasteiger partial charge is 0.0795 e. The molecule has 0 heterocycles. The highest BCUT2D eigenvalue weighted by Gasteiger charge is 2.13. The molecule has 0 unspecified atom stereocenters. The number of nitrogens with two attached hydrogens (primary N) is 2. The first-order chi connectivity index (χ1) is 6.00. The van der Waals surface area contributed by atoms with Crippen LogP contribution < -0.4 is 11.5 Å². The molecule has 0 saturated carbocycles. The molecule has 0 spiro atoms. The number of nitrogen functional groups attached to an aromatic ring is 2. The summed E-state index contributed by atoms with van der Waals surface area (Å²) in [5, 5.41) is 0.577. The predicted molar refractivity (Wildman–Crippen MR) is 61.5 cm³/mol. The van der Waals surface area contributed by atoms with Crippen LogP contribution in [0.3, 0.4) is 0 Å². The van der Waals surface area contributed by atoms with Gasteiger partial charge in [-0.1, -0.05) is 11.6 Å². The maximum absolute atomic E-state index is 6.05. The summed E-state index contributed by atoms with van der Waals surface area (Å²) < 4.78 is 0. The van der Waals surface area contributed by atoms with Crippen molar-refractivity contribution >= 4 is 34.7 Å². The van der Waals surface area contributed by atoms with E-state index in [2.05, 4.69) is 0 Å². The zero-order valence-electron chi connectivity index (χ0n) is 7.94. The molecule has 1 aromatic rings. The number of thioether (sulfide) groups is 1. The van der Waals surface area contributed by atoms with Gasteiger partial charge in [0.2, 0.25) is 0 Å². The average molecular weight is 217 g/mol. The average Bonchev–Trinajstić information content (AvgIpc) is 2.13. The van der Waals surface area contributed by atoms with Crippen LogP contribution in [-0.4, -0.2) is 6.26 Å². The minimum Gasteiger partial charge on any atom is -0.397 e. The van der Waals surface area contributed by atoms with Gasteiger partial charge in [-0.15, -0.1) is 11.8 Å². The molecule has 0 bridgehead atoms. The number of benzene rings is 1. The minimum atomic E-state index is 0.495. The van der Waals surface area contributed by atoms with Crippen molar-refractivity contribution in [2.45, 2.75) is 18.7 Å². The number of halogens is 1. The Morgan fingerprint density at radius 3 is 2.08 bits per heavy atom. The molecule has 0 aliphatic heterocycles. The summed E-state index contributed by atoms with van der Waals surface area (Å²) in [6.45, 7) is 3.96. The quantitative estimate of drug-likeness (QED) is 0.561. The number of hydrogen-bond donors (Lipinski definition) is 2. The summed E-state index contributed by atoms with van der Waals surface area (Å²) in [6, 6.07) is 0. The normalized spacial score (nSPS) is 10.5. The molecule has 0 saturated heterocycles. The van der Waals surface area contributed by atoms with E-state index in [4.69, 9.17) is 23.1 Å². The summed E-state index contributed by atoms with van der Waals surface area (Å²) in [6.07, 6.45) is 1.98. The second-order valence-electron chi connectivity index (χ2n) is 2.92. The molecule has 4 N–H and O–H groups in total. The van der Waals surface area contributed by atoms with E-state index >= 15 is 0 Å². The Morgan fingerprint density at radius 1 is 1.08 bits per heavy atom. The van der Waals surface area contributed by atoms with Gasteiger partial charge in [-0.2, -0.15) is 0 Å². The van der Waals surface area contributed by atoms with E-state index in [1.807, 2.05) is 20.1 Å². The van der Waals surface area contributed by atoms with Crippen molar-refractivity contribution < 1.29 is 0 Å². The largest absolute Gasteiger partial charge is 0.397 e. The number of rotatable bonds is 1. The molecule has 4 heteroatoms. The lowest BCUT2D eigenvalue weighted by Crippen LogP contribution is -2.02. The van der Waals surface area contributed by atoms with Crippen LogP contribution in [0, 0.1) is 13.8 Å². The van der Waals surface area contributed by atoms with Gasteiger partial charge in [-0.25, -0.2) is 0 Å². The molecular formula is C9H13ClN2S. The van der Waals surface area contributed by atoms with Gasteiger partial charge in [0.15, 0.2) is 0 Å². The SMILES string of the molecule is CSc1c(C)c(C)c(N)c(N)c1Cl. The second-order valence-corrected chi connectivity index (χ2v) is 4.12. The van der Waals surface area contributed by atoms with E-state index in [1.54, 1.807) is 11.8 Å². The van der Waals surface area contributed by atoms with Crippen molar-refractivity contribution in [3.05, 3.63) is 16.1 Å². The van der Waals surface area contributed by atoms with E-state index in [1.165, 1.54) is 0 Å². The van der Waals surface area contributed by atoms with Crippen LogP contribution in [0.15, 0.2) is 4.90 Å². The van der Waals surface area contributed by atoms with E-state index in [-0.39, 0.29) is 0 Å². The highest BCUT2D eigenvalue weighted by Crippen LogP contribution is 2.39.